The lowest BCUT2D eigenvalue weighted by Gasteiger charge is -2.12. The van der Waals surface area contributed by atoms with Crippen molar-refractivity contribution in [3.05, 3.63) is 70.7 Å². The number of aromatic nitrogens is 3. The van der Waals surface area contributed by atoms with E-state index in [9.17, 15) is 9.18 Å². The standard InChI is InChI=1S/C23H19ClFN5O3/c1-13-8-21(32-2)29-10-16(13)22(31)30-20-12-27-19(11-28-20)15-9-14(5-6-17(15)24)33-23-18(25)4-3-7-26-23/h5-12H,3-4H2,1-2H3,(H,28,30,31). The van der Waals surface area contributed by atoms with Crippen molar-refractivity contribution < 1.29 is 18.7 Å². The summed E-state index contributed by atoms with van der Waals surface area (Å²) in [6, 6.07) is 6.53. The molecule has 0 bridgehead atoms. The predicted octanol–water partition coefficient (Wildman–Crippen LogP) is 5.14. The quantitative estimate of drug-likeness (QED) is 0.538. The number of carbonyl (C=O) groups excluding carboxylic acids is 1. The predicted molar refractivity (Wildman–Crippen MR) is 122 cm³/mol. The van der Waals surface area contributed by atoms with Crippen molar-refractivity contribution in [1.29, 1.82) is 0 Å². The van der Waals surface area contributed by atoms with Gasteiger partial charge in [0.25, 0.3) is 11.8 Å². The Hall–Kier alpha value is -3.85. The van der Waals surface area contributed by atoms with E-state index in [1.165, 1.54) is 25.7 Å². The number of nitrogens with one attached hydrogen (secondary N) is 1. The number of pyridine rings is 1. The third-order valence-corrected chi connectivity index (χ3v) is 5.12. The highest BCUT2D eigenvalue weighted by Crippen LogP contribution is 2.32. The minimum Gasteiger partial charge on any atom is -0.481 e. The van der Waals surface area contributed by atoms with Crippen LogP contribution in [0, 0.1) is 6.92 Å². The number of allylic oxidation sites excluding steroid dienone is 1. The van der Waals surface area contributed by atoms with Gasteiger partial charge in [-0.2, -0.15) is 0 Å². The largest absolute Gasteiger partial charge is 0.481 e. The Labute approximate surface area is 194 Å². The number of hydrogen-bond acceptors (Lipinski definition) is 7. The van der Waals surface area contributed by atoms with E-state index in [2.05, 4.69) is 25.3 Å². The zero-order valence-corrected chi connectivity index (χ0v) is 18.6. The molecule has 1 aliphatic rings. The molecule has 8 nitrogen and oxygen atoms in total. The van der Waals surface area contributed by atoms with Crippen LogP contribution in [0.5, 0.6) is 11.6 Å². The molecule has 3 heterocycles. The maximum Gasteiger partial charge on any atom is 0.258 e. The van der Waals surface area contributed by atoms with Gasteiger partial charge in [-0.1, -0.05) is 11.6 Å². The van der Waals surface area contributed by atoms with Crippen molar-refractivity contribution in [3.8, 4) is 22.9 Å². The molecule has 0 fully saturated rings. The summed E-state index contributed by atoms with van der Waals surface area (Å²) in [5.41, 5.74) is 2.09. The van der Waals surface area contributed by atoms with Gasteiger partial charge >= 0.3 is 0 Å². The number of ether oxygens (including phenoxy) is 2. The lowest BCUT2D eigenvalue weighted by Crippen LogP contribution is -2.15. The average Bonchev–Trinajstić information content (AvgIpc) is 2.82. The fraction of sp³-hybridized carbons (Fsp3) is 0.174. The van der Waals surface area contributed by atoms with Crippen LogP contribution in [0.1, 0.15) is 28.8 Å². The van der Waals surface area contributed by atoms with Gasteiger partial charge < -0.3 is 14.8 Å². The fourth-order valence-corrected chi connectivity index (χ4v) is 3.28. The lowest BCUT2D eigenvalue weighted by atomic mass is 10.1. The number of aliphatic imine (C=N–C) groups is 1. The van der Waals surface area contributed by atoms with Crippen LogP contribution in [0.15, 0.2) is 59.6 Å². The highest BCUT2D eigenvalue weighted by Gasteiger charge is 2.15. The van der Waals surface area contributed by atoms with Crippen LogP contribution in [-0.2, 0) is 0 Å². The highest BCUT2D eigenvalue weighted by molar-refractivity contribution is 6.33. The van der Waals surface area contributed by atoms with E-state index in [1.807, 2.05) is 0 Å². The molecule has 1 aliphatic heterocycles. The van der Waals surface area contributed by atoms with Gasteiger partial charge in [0.1, 0.15) is 5.75 Å². The van der Waals surface area contributed by atoms with Crippen LogP contribution >= 0.6 is 11.6 Å². The first-order chi connectivity index (χ1) is 15.9. The second-order valence-electron chi connectivity index (χ2n) is 7.09. The number of anilines is 1. The maximum absolute atomic E-state index is 13.9. The molecule has 1 amide bonds. The van der Waals surface area contributed by atoms with E-state index >= 15 is 0 Å². The molecule has 0 atom stereocenters. The molecule has 0 aliphatic carbocycles. The summed E-state index contributed by atoms with van der Waals surface area (Å²) in [5, 5.41) is 3.10. The summed E-state index contributed by atoms with van der Waals surface area (Å²) in [6.07, 6.45) is 6.72. The zero-order valence-electron chi connectivity index (χ0n) is 17.8. The third-order valence-electron chi connectivity index (χ3n) is 4.79. The number of benzene rings is 1. The van der Waals surface area contributed by atoms with Crippen LogP contribution in [0.2, 0.25) is 5.02 Å². The number of carbonyl (C=O) groups is 1. The summed E-state index contributed by atoms with van der Waals surface area (Å²) < 4.78 is 24.5. The van der Waals surface area contributed by atoms with Crippen molar-refractivity contribution in [2.45, 2.75) is 19.8 Å². The molecule has 1 N–H and O–H groups in total. The van der Waals surface area contributed by atoms with Crippen molar-refractivity contribution in [2.24, 2.45) is 4.99 Å². The second-order valence-corrected chi connectivity index (χ2v) is 7.49. The first kappa shape index (κ1) is 22.3. The van der Waals surface area contributed by atoms with Crippen LogP contribution < -0.4 is 14.8 Å². The van der Waals surface area contributed by atoms with E-state index in [4.69, 9.17) is 21.1 Å². The van der Waals surface area contributed by atoms with E-state index in [0.717, 1.165) is 0 Å². The van der Waals surface area contributed by atoms with Crippen molar-refractivity contribution in [3.63, 3.8) is 0 Å². The summed E-state index contributed by atoms with van der Waals surface area (Å²) >= 11 is 6.32. The SMILES string of the molecule is COc1cc(C)c(C(=O)Nc2cnc(-c3cc(OC4=C(F)CCC=N4)ccc3Cl)cn2)cn1. The van der Waals surface area contributed by atoms with Crippen LogP contribution in [0.3, 0.4) is 0 Å². The first-order valence-electron chi connectivity index (χ1n) is 9.97. The van der Waals surface area contributed by atoms with Gasteiger partial charge in [-0.15, -0.1) is 0 Å². The molecule has 1 aromatic carbocycles. The molecular formula is C23H19ClFN5O3. The molecule has 168 valence electrons. The monoisotopic (exact) mass is 467 g/mol. The summed E-state index contributed by atoms with van der Waals surface area (Å²) in [6.45, 7) is 1.78. The van der Waals surface area contributed by atoms with E-state index in [-0.39, 0.29) is 24.0 Å². The van der Waals surface area contributed by atoms with Gasteiger partial charge in [0.15, 0.2) is 11.6 Å². The van der Waals surface area contributed by atoms with Gasteiger partial charge in [-0.3, -0.25) is 9.78 Å². The average molecular weight is 468 g/mol. The molecule has 10 heteroatoms. The highest BCUT2D eigenvalue weighted by atomic mass is 35.5. The van der Waals surface area contributed by atoms with E-state index in [1.54, 1.807) is 37.4 Å². The molecule has 33 heavy (non-hydrogen) atoms. The van der Waals surface area contributed by atoms with Gasteiger partial charge in [0.2, 0.25) is 5.88 Å². The summed E-state index contributed by atoms with van der Waals surface area (Å²) in [4.78, 5) is 29.2. The Morgan fingerprint density at radius 1 is 1.15 bits per heavy atom. The second kappa shape index (κ2) is 9.74. The molecule has 0 unspecified atom stereocenters. The number of halogens is 2. The topological polar surface area (TPSA) is 98.6 Å². The lowest BCUT2D eigenvalue weighted by molar-refractivity contribution is 0.102. The molecule has 0 radical (unpaired) electrons. The van der Waals surface area contributed by atoms with Crippen LogP contribution in [-0.4, -0.2) is 34.2 Å². The number of aryl methyl sites for hydroxylation is 1. The third kappa shape index (κ3) is 5.15. The molecule has 0 spiro atoms. The molecule has 3 aromatic rings. The first-order valence-corrected chi connectivity index (χ1v) is 10.4. The van der Waals surface area contributed by atoms with Crippen molar-refractivity contribution in [2.75, 3.05) is 12.4 Å². The number of amides is 1. The van der Waals surface area contributed by atoms with E-state index in [0.29, 0.717) is 45.5 Å². The number of hydrogen-bond donors (Lipinski definition) is 1. The Morgan fingerprint density at radius 2 is 2.00 bits per heavy atom. The van der Waals surface area contributed by atoms with Gasteiger partial charge in [-0.25, -0.2) is 19.4 Å². The molecular weight excluding hydrogens is 449 g/mol. The molecule has 4 rings (SSSR count). The molecule has 0 saturated heterocycles. The Morgan fingerprint density at radius 3 is 2.70 bits per heavy atom. The maximum atomic E-state index is 13.9. The minimum absolute atomic E-state index is 0.0676. The fourth-order valence-electron chi connectivity index (χ4n) is 3.07. The Kier molecular flexibility index (Phi) is 6.60. The van der Waals surface area contributed by atoms with Crippen LogP contribution in [0.4, 0.5) is 10.2 Å². The normalized spacial score (nSPS) is 13.1. The summed E-state index contributed by atoms with van der Waals surface area (Å²) in [5.74, 6) is 0.191. The van der Waals surface area contributed by atoms with Crippen molar-refractivity contribution >= 4 is 29.5 Å². The molecule has 2 aromatic heterocycles. The number of nitrogens with zero attached hydrogens (tertiary/aromatic N) is 4. The van der Waals surface area contributed by atoms with Gasteiger partial charge in [0, 0.05) is 30.5 Å². The van der Waals surface area contributed by atoms with E-state index < -0.39 is 5.83 Å². The Balaban J connectivity index is 1.51. The minimum atomic E-state index is -0.406. The number of rotatable bonds is 6. The van der Waals surface area contributed by atoms with Gasteiger partial charge in [-0.05, 0) is 37.1 Å². The molecule has 0 saturated carbocycles. The number of methoxy groups -OCH3 is 1. The summed E-state index contributed by atoms with van der Waals surface area (Å²) in [7, 11) is 1.51. The van der Waals surface area contributed by atoms with Crippen molar-refractivity contribution in [1.82, 2.24) is 15.0 Å². The van der Waals surface area contributed by atoms with Crippen LogP contribution in [0.25, 0.3) is 11.3 Å². The van der Waals surface area contributed by atoms with Gasteiger partial charge in [0.05, 0.1) is 35.8 Å². The smallest absolute Gasteiger partial charge is 0.258 e. The Bertz CT molecular complexity index is 1260. The zero-order chi connectivity index (χ0) is 23.4.